The average Bonchev–Trinajstić information content (AvgIpc) is 3.01. The van der Waals surface area contributed by atoms with E-state index in [-0.39, 0.29) is 11.9 Å². The number of halogens is 1. The Bertz CT molecular complexity index is 827. The summed E-state index contributed by atoms with van der Waals surface area (Å²) in [6, 6.07) is 5.64. The van der Waals surface area contributed by atoms with Crippen LogP contribution in [0.3, 0.4) is 0 Å². The van der Waals surface area contributed by atoms with Gasteiger partial charge in [-0.1, -0.05) is 0 Å². The molecular formula is C17H16FN3O2S. The lowest BCUT2D eigenvalue weighted by Gasteiger charge is -2.28. The molecule has 3 rings (SSSR count). The number of amidine groups is 1. The first kappa shape index (κ1) is 16.3. The number of carbonyl (C=O) groups is 1. The highest BCUT2D eigenvalue weighted by atomic mass is 32.1. The second-order valence-corrected chi connectivity index (χ2v) is 6.56. The van der Waals surface area contributed by atoms with E-state index < -0.39 is 5.97 Å². The summed E-state index contributed by atoms with van der Waals surface area (Å²) in [6.45, 7) is 3.79. The van der Waals surface area contributed by atoms with E-state index in [0.29, 0.717) is 17.1 Å². The number of esters is 1. The van der Waals surface area contributed by atoms with E-state index in [1.807, 2.05) is 13.8 Å². The minimum absolute atomic E-state index is 0.329. The molecule has 1 aromatic carbocycles. The lowest BCUT2D eigenvalue weighted by Crippen LogP contribution is -2.35. The molecule has 7 heteroatoms. The van der Waals surface area contributed by atoms with Crippen molar-refractivity contribution in [3.8, 4) is 0 Å². The molecule has 0 spiro atoms. The maximum Gasteiger partial charge on any atom is 0.337 e. The molecule has 1 unspecified atom stereocenters. The summed E-state index contributed by atoms with van der Waals surface area (Å²) >= 11 is 1.51. The van der Waals surface area contributed by atoms with Gasteiger partial charge in [0, 0.05) is 23.0 Å². The molecule has 2 aromatic rings. The number of rotatable bonds is 3. The van der Waals surface area contributed by atoms with E-state index in [9.17, 15) is 9.18 Å². The zero-order valence-electron chi connectivity index (χ0n) is 13.5. The van der Waals surface area contributed by atoms with Crippen LogP contribution in [-0.2, 0) is 9.53 Å². The quantitative estimate of drug-likeness (QED) is 0.801. The zero-order valence-corrected chi connectivity index (χ0v) is 14.3. The molecule has 0 saturated carbocycles. The van der Waals surface area contributed by atoms with Gasteiger partial charge in [-0.2, -0.15) is 0 Å². The van der Waals surface area contributed by atoms with Gasteiger partial charge in [-0.25, -0.2) is 14.2 Å². The van der Waals surface area contributed by atoms with Crippen LogP contribution in [0.2, 0.25) is 0 Å². The first-order chi connectivity index (χ1) is 11.5. The molecule has 2 heterocycles. The van der Waals surface area contributed by atoms with Crippen molar-refractivity contribution < 1.29 is 13.9 Å². The maximum absolute atomic E-state index is 13.3. The number of nitrogens with zero attached hydrogens (tertiary/aromatic N) is 3. The molecular weight excluding hydrogens is 329 g/mol. The number of methoxy groups -OCH3 is 1. The van der Waals surface area contributed by atoms with E-state index in [1.165, 1.54) is 30.6 Å². The van der Waals surface area contributed by atoms with Crippen LogP contribution in [0.5, 0.6) is 0 Å². The number of benzene rings is 1. The molecule has 124 valence electrons. The summed E-state index contributed by atoms with van der Waals surface area (Å²) < 4.78 is 18.1. The highest BCUT2D eigenvalue weighted by Crippen LogP contribution is 2.27. The highest BCUT2D eigenvalue weighted by molar-refractivity contribution is 7.13. The van der Waals surface area contributed by atoms with Crippen molar-refractivity contribution in [3.05, 3.63) is 57.9 Å². The molecule has 0 radical (unpaired) electrons. The van der Waals surface area contributed by atoms with Crippen LogP contribution in [0.25, 0.3) is 0 Å². The summed E-state index contributed by atoms with van der Waals surface area (Å²) in [6.07, 6.45) is 3.46. The Morgan fingerprint density at radius 2 is 2.04 bits per heavy atom. The Kier molecular flexibility index (Phi) is 4.44. The lowest BCUT2D eigenvalue weighted by molar-refractivity contribution is -0.136. The number of hydrogen-bond acceptors (Lipinski definition) is 6. The maximum atomic E-state index is 13.3. The largest absolute Gasteiger partial charge is 0.466 e. The van der Waals surface area contributed by atoms with E-state index >= 15 is 0 Å². The van der Waals surface area contributed by atoms with Crippen LogP contribution in [0, 0.1) is 12.7 Å². The van der Waals surface area contributed by atoms with Crippen LogP contribution in [0.15, 0.2) is 47.2 Å². The van der Waals surface area contributed by atoms with Crippen molar-refractivity contribution in [3.63, 3.8) is 0 Å². The third kappa shape index (κ3) is 3.07. The smallest absolute Gasteiger partial charge is 0.337 e. The van der Waals surface area contributed by atoms with Gasteiger partial charge in [0.05, 0.1) is 18.7 Å². The van der Waals surface area contributed by atoms with Crippen molar-refractivity contribution in [1.29, 1.82) is 0 Å². The number of aromatic nitrogens is 1. The van der Waals surface area contributed by atoms with Gasteiger partial charge in [-0.15, -0.1) is 11.3 Å². The monoisotopic (exact) mass is 345 g/mol. The van der Waals surface area contributed by atoms with Crippen LogP contribution in [0.1, 0.15) is 16.8 Å². The molecule has 0 fully saturated rings. The van der Waals surface area contributed by atoms with Crippen molar-refractivity contribution in [2.45, 2.75) is 19.9 Å². The van der Waals surface area contributed by atoms with E-state index in [0.717, 1.165) is 9.88 Å². The van der Waals surface area contributed by atoms with Crippen molar-refractivity contribution in [1.82, 2.24) is 4.98 Å². The predicted molar refractivity (Wildman–Crippen MR) is 91.8 cm³/mol. The fourth-order valence-corrected chi connectivity index (χ4v) is 3.14. The molecule has 1 aliphatic rings. The summed E-state index contributed by atoms with van der Waals surface area (Å²) in [5, 5.41) is 0.740. The molecule has 0 amide bonds. The Morgan fingerprint density at radius 1 is 1.33 bits per heavy atom. The molecule has 1 aromatic heterocycles. The fourth-order valence-electron chi connectivity index (χ4n) is 2.38. The van der Waals surface area contributed by atoms with Crippen LogP contribution in [0.4, 0.5) is 10.1 Å². The molecule has 0 aliphatic carbocycles. The SMILES string of the molecule is COC(=O)C1=CN(c2ccc(F)cc2)C(c2ncc(C)s2)=NC1C. The van der Waals surface area contributed by atoms with Gasteiger partial charge in [-0.3, -0.25) is 9.89 Å². The van der Waals surface area contributed by atoms with E-state index in [4.69, 9.17) is 4.74 Å². The number of aryl methyl sites for hydroxylation is 1. The minimum atomic E-state index is -0.437. The second-order valence-electron chi connectivity index (χ2n) is 5.33. The Hall–Kier alpha value is -2.54. The van der Waals surface area contributed by atoms with E-state index in [2.05, 4.69) is 9.98 Å². The summed E-state index contributed by atoms with van der Waals surface area (Å²) in [4.78, 5) is 23.8. The molecule has 24 heavy (non-hydrogen) atoms. The van der Waals surface area contributed by atoms with Gasteiger partial charge in [0.25, 0.3) is 0 Å². The first-order valence-corrected chi connectivity index (χ1v) is 8.16. The molecule has 0 saturated heterocycles. The first-order valence-electron chi connectivity index (χ1n) is 7.35. The second kappa shape index (κ2) is 6.52. The number of thiazole rings is 1. The van der Waals surface area contributed by atoms with Gasteiger partial charge in [0.15, 0.2) is 10.8 Å². The molecule has 0 N–H and O–H groups in total. The predicted octanol–water partition coefficient (Wildman–Crippen LogP) is 3.30. The van der Waals surface area contributed by atoms with Gasteiger partial charge >= 0.3 is 5.97 Å². The Morgan fingerprint density at radius 3 is 2.62 bits per heavy atom. The number of anilines is 1. The molecule has 0 bridgehead atoms. The zero-order chi connectivity index (χ0) is 17.3. The molecule has 1 aliphatic heterocycles. The number of aliphatic imine (C=N–C) groups is 1. The minimum Gasteiger partial charge on any atom is -0.466 e. The van der Waals surface area contributed by atoms with Crippen LogP contribution in [-0.4, -0.2) is 29.9 Å². The van der Waals surface area contributed by atoms with Crippen molar-refractivity contribution in [2.75, 3.05) is 12.0 Å². The number of hydrogen-bond donors (Lipinski definition) is 0. The number of carbonyl (C=O) groups excluding carboxylic acids is 1. The summed E-state index contributed by atoms with van der Waals surface area (Å²) in [5.74, 6) is -0.141. The summed E-state index contributed by atoms with van der Waals surface area (Å²) in [5.41, 5.74) is 1.12. The normalized spacial score (nSPS) is 17.3. The van der Waals surface area contributed by atoms with Crippen molar-refractivity contribution in [2.24, 2.45) is 4.99 Å². The summed E-state index contributed by atoms with van der Waals surface area (Å²) in [7, 11) is 1.33. The molecule has 1 atom stereocenters. The third-order valence-electron chi connectivity index (χ3n) is 3.60. The van der Waals surface area contributed by atoms with Crippen LogP contribution < -0.4 is 4.90 Å². The lowest BCUT2D eigenvalue weighted by atomic mass is 10.1. The third-order valence-corrected chi connectivity index (χ3v) is 4.51. The Labute approximate surface area is 143 Å². The van der Waals surface area contributed by atoms with Crippen molar-refractivity contribution >= 4 is 28.8 Å². The molecule has 5 nitrogen and oxygen atoms in total. The highest BCUT2D eigenvalue weighted by Gasteiger charge is 2.28. The average molecular weight is 345 g/mol. The van der Waals surface area contributed by atoms with Gasteiger partial charge in [0.1, 0.15) is 5.82 Å². The van der Waals surface area contributed by atoms with Gasteiger partial charge in [-0.05, 0) is 38.1 Å². The Balaban J connectivity index is 2.09. The van der Waals surface area contributed by atoms with Crippen LogP contribution >= 0.6 is 11.3 Å². The standard InChI is InChI=1S/C17H16FN3O2S/c1-10-8-19-16(24-10)15-20-11(2)14(17(22)23-3)9-21(15)13-6-4-12(18)5-7-13/h4-9,11H,1-3H3. The topological polar surface area (TPSA) is 54.8 Å². The van der Waals surface area contributed by atoms with Gasteiger partial charge < -0.3 is 4.74 Å². The van der Waals surface area contributed by atoms with E-state index in [1.54, 1.807) is 29.4 Å². The van der Waals surface area contributed by atoms with Gasteiger partial charge in [0.2, 0.25) is 0 Å². The fraction of sp³-hybridized carbons (Fsp3) is 0.235. The number of ether oxygens (including phenoxy) is 1.